The Hall–Kier alpha value is -2.76. The lowest BCUT2D eigenvalue weighted by atomic mass is 9.90. The molecule has 0 aliphatic carbocycles. The Morgan fingerprint density at radius 3 is 2.87 bits per heavy atom. The molecule has 0 aromatic heterocycles. The third kappa shape index (κ3) is 3.71. The zero-order valence-corrected chi connectivity index (χ0v) is 12.8. The highest BCUT2D eigenvalue weighted by Crippen LogP contribution is 2.21. The number of hydrogen-bond acceptors (Lipinski definition) is 3. The second-order valence-electron chi connectivity index (χ2n) is 5.20. The van der Waals surface area contributed by atoms with Crippen LogP contribution in [-0.2, 0) is 11.2 Å². The summed E-state index contributed by atoms with van der Waals surface area (Å²) < 4.78 is 13.5. The molecule has 5 nitrogen and oxygen atoms in total. The monoisotopic (exact) mass is 316 g/mol. The fourth-order valence-electron chi connectivity index (χ4n) is 2.30. The molecule has 2 N–H and O–H groups in total. The quantitative estimate of drug-likeness (QED) is 0.896. The molecule has 0 radical (unpaired) electrons. The van der Waals surface area contributed by atoms with Crippen LogP contribution in [0.3, 0.4) is 0 Å². The summed E-state index contributed by atoms with van der Waals surface area (Å²) in [5.41, 5.74) is 4.06. The Labute approximate surface area is 133 Å². The number of nitrogens with zero attached hydrogens (tertiary/aromatic N) is 1. The van der Waals surface area contributed by atoms with Gasteiger partial charge in [-0.25, -0.2) is 14.6 Å². The zero-order valence-electron chi connectivity index (χ0n) is 12.8. The third-order valence-electron chi connectivity index (χ3n) is 3.60. The Morgan fingerprint density at radius 1 is 1.48 bits per heavy atom. The molecular weight excluding hydrogens is 299 g/mol. The number of allylic oxidation sites excluding steroid dienone is 3. The summed E-state index contributed by atoms with van der Waals surface area (Å²) in [4.78, 5) is 22.8. The van der Waals surface area contributed by atoms with Crippen molar-refractivity contribution in [2.45, 2.75) is 20.3 Å². The van der Waals surface area contributed by atoms with E-state index in [2.05, 4.69) is 10.5 Å². The number of carboxylic acids is 1. The molecule has 1 unspecified atom stereocenters. The van der Waals surface area contributed by atoms with Gasteiger partial charge in [-0.2, -0.15) is 5.10 Å². The molecule has 1 heterocycles. The summed E-state index contributed by atoms with van der Waals surface area (Å²) in [5, 5.41) is 13.1. The summed E-state index contributed by atoms with van der Waals surface area (Å²) in [6, 6.07) is 3.92. The second kappa shape index (κ2) is 7.00. The smallest absolute Gasteiger partial charge is 0.338 e. The maximum atomic E-state index is 13.5. The van der Waals surface area contributed by atoms with Gasteiger partial charge in [-0.05, 0) is 37.1 Å². The van der Waals surface area contributed by atoms with Crippen LogP contribution in [0.15, 0.2) is 47.1 Å². The standard InChI is InChI=1S/C17H17FN2O3/c1-3-4-5-12-10(2)16(21)20-19-15(12)9-11-6-7-14(18)13(8-11)17(22)23/h3-8,10H,9H2,1-2H3,(H,20,21)(H,22,23)/b4-3-,12-5+. The van der Waals surface area contributed by atoms with Crippen LogP contribution in [0.25, 0.3) is 0 Å². The lowest BCUT2D eigenvalue weighted by Gasteiger charge is -2.22. The van der Waals surface area contributed by atoms with E-state index in [4.69, 9.17) is 5.11 Å². The molecule has 120 valence electrons. The second-order valence-corrected chi connectivity index (χ2v) is 5.20. The highest BCUT2D eigenvalue weighted by Gasteiger charge is 2.26. The number of carbonyl (C=O) groups is 2. The van der Waals surface area contributed by atoms with Gasteiger partial charge in [0.2, 0.25) is 5.91 Å². The van der Waals surface area contributed by atoms with Gasteiger partial charge in [-0.3, -0.25) is 4.79 Å². The van der Waals surface area contributed by atoms with Crippen LogP contribution in [0.2, 0.25) is 0 Å². The molecule has 0 saturated heterocycles. The highest BCUT2D eigenvalue weighted by atomic mass is 19.1. The molecule has 6 heteroatoms. The summed E-state index contributed by atoms with van der Waals surface area (Å²) >= 11 is 0. The highest BCUT2D eigenvalue weighted by molar-refractivity contribution is 6.08. The van der Waals surface area contributed by atoms with E-state index in [1.54, 1.807) is 6.92 Å². The van der Waals surface area contributed by atoms with Gasteiger partial charge in [-0.1, -0.05) is 24.3 Å². The van der Waals surface area contributed by atoms with E-state index in [1.807, 2.05) is 25.2 Å². The molecule has 1 aromatic rings. The van der Waals surface area contributed by atoms with Gasteiger partial charge < -0.3 is 5.11 Å². The van der Waals surface area contributed by atoms with Crippen molar-refractivity contribution in [3.05, 3.63) is 58.9 Å². The average molecular weight is 316 g/mol. The summed E-state index contributed by atoms with van der Waals surface area (Å²) in [7, 11) is 0. The van der Waals surface area contributed by atoms with Crippen LogP contribution in [0.5, 0.6) is 0 Å². The number of amides is 1. The van der Waals surface area contributed by atoms with E-state index < -0.39 is 11.8 Å². The minimum absolute atomic E-state index is 0.199. The Morgan fingerprint density at radius 2 is 2.22 bits per heavy atom. The maximum absolute atomic E-state index is 13.5. The van der Waals surface area contributed by atoms with E-state index in [1.165, 1.54) is 12.1 Å². The van der Waals surface area contributed by atoms with Crippen molar-refractivity contribution in [1.82, 2.24) is 5.43 Å². The van der Waals surface area contributed by atoms with E-state index in [0.29, 0.717) is 17.7 Å². The maximum Gasteiger partial charge on any atom is 0.338 e. The number of hydrazone groups is 1. The van der Waals surface area contributed by atoms with Gasteiger partial charge in [0.15, 0.2) is 0 Å². The van der Waals surface area contributed by atoms with E-state index in [-0.39, 0.29) is 17.4 Å². The van der Waals surface area contributed by atoms with Crippen LogP contribution in [-0.4, -0.2) is 22.7 Å². The van der Waals surface area contributed by atoms with Crippen LogP contribution in [0.1, 0.15) is 29.8 Å². The number of carboxylic acid groups (broad SMARTS) is 1. The number of aromatic carboxylic acids is 1. The fraction of sp³-hybridized carbons (Fsp3) is 0.235. The lowest BCUT2D eigenvalue weighted by Crippen LogP contribution is -2.35. The van der Waals surface area contributed by atoms with Gasteiger partial charge in [-0.15, -0.1) is 0 Å². The van der Waals surface area contributed by atoms with E-state index in [0.717, 1.165) is 11.6 Å². The van der Waals surface area contributed by atoms with Gasteiger partial charge in [0.1, 0.15) is 5.82 Å². The van der Waals surface area contributed by atoms with Crippen LogP contribution < -0.4 is 5.43 Å². The number of nitrogens with one attached hydrogen (secondary N) is 1. The fourth-order valence-corrected chi connectivity index (χ4v) is 2.30. The van der Waals surface area contributed by atoms with Crippen molar-refractivity contribution in [3.63, 3.8) is 0 Å². The lowest BCUT2D eigenvalue weighted by molar-refractivity contribution is -0.123. The van der Waals surface area contributed by atoms with E-state index in [9.17, 15) is 14.0 Å². The van der Waals surface area contributed by atoms with Crippen molar-refractivity contribution in [2.24, 2.45) is 11.0 Å². The van der Waals surface area contributed by atoms with Crippen molar-refractivity contribution in [3.8, 4) is 0 Å². The Bertz CT molecular complexity index is 735. The van der Waals surface area contributed by atoms with Gasteiger partial charge in [0.25, 0.3) is 0 Å². The average Bonchev–Trinajstić information content (AvgIpc) is 2.52. The van der Waals surface area contributed by atoms with E-state index >= 15 is 0 Å². The topological polar surface area (TPSA) is 78.8 Å². The molecule has 23 heavy (non-hydrogen) atoms. The first-order valence-electron chi connectivity index (χ1n) is 7.15. The largest absolute Gasteiger partial charge is 0.478 e. The normalized spacial score (nSPS) is 19.8. The predicted molar refractivity (Wildman–Crippen MR) is 84.7 cm³/mol. The Kier molecular flexibility index (Phi) is 5.05. The SMILES string of the molecule is C/C=C\C=C1\C(Cc2ccc(F)c(C(=O)O)c2)=NNC(=O)C1C. The first-order valence-corrected chi connectivity index (χ1v) is 7.15. The van der Waals surface area contributed by atoms with Gasteiger partial charge >= 0.3 is 5.97 Å². The zero-order chi connectivity index (χ0) is 17.0. The summed E-state index contributed by atoms with van der Waals surface area (Å²) in [5.74, 6) is -2.66. The van der Waals surface area contributed by atoms with Crippen molar-refractivity contribution in [2.75, 3.05) is 0 Å². The molecule has 0 fully saturated rings. The number of halogens is 1. The summed E-state index contributed by atoms with van der Waals surface area (Å²) in [6.07, 6.45) is 5.76. The van der Waals surface area contributed by atoms with Crippen LogP contribution >= 0.6 is 0 Å². The number of carbonyl (C=O) groups excluding carboxylic acids is 1. The minimum Gasteiger partial charge on any atom is -0.478 e. The number of benzene rings is 1. The van der Waals surface area contributed by atoms with Crippen LogP contribution in [0.4, 0.5) is 4.39 Å². The van der Waals surface area contributed by atoms with Gasteiger partial charge in [0.05, 0.1) is 17.2 Å². The number of hydrogen-bond donors (Lipinski definition) is 2. The molecular formula is C17H17FN2O3. The number of rotatable bonds is 4. The predicted octanol–water partition coefficient (Wildman–Crippen LogP) is 2.69. The molecule has 0 saturated carbocycles. The third-order valence-corrected chi connectivity index (χ3v) is 3.60. The molecule has 0 bridgehead atoms. The molecule has 1 aromatic carbocycles. The van der Waals surface area contributed by atoms with Gasteiger partial charge in [0, 0.05) is 6.42 Å². The minimum atomic E-state index is -1.32. The molecule has 1 amide bonds. The Balaban J connectivity index is 2.35. The van der Waals surface area contributed by atoms with Crippen molar-refractivity contribution < 1.29 is 19.1 Å². The first-order chi connectivity index (χ1) is 10.9. The van der Waals surface area contributed by atoms with Crippen molar-refractivity contribution >= 4 is 17.6 Å². The molecule has 1 aliphatic heterocycles. The van der Waals surface area contributed by atoms with Crippen LogP contribution in [0, 0.1) is 11.7 Å². The first kappa shape index (κ1) is 16.6. The molecule has 0 spiro atoms. The molecule has 1 aliphatic rings. The molecule has 1 atom stereocenters. The molecule has 2 rings (SSSR count). The summed E-state index contributed by atoms with van der Waals surface area (Å²) in [6.45, 7) is 3.63. The van der Waals surface area contributed by atoms with Crippen molar-refractivity contribution in [1.29, 1.82) is 0 Å².